The number of aromatic nitrogens is 4. The molecule has 0 aromatic carbocycles. The molecule has 96 valence electrons. The molecule has 0 spiro atoms. The quantitative estimate of drug-likeness (QED) is 0.795. The first-order chi connectivity index (χ1) is 8.65. The van der Waals surface area contributed by atoms with E-state index in [0.717, 1.165) is 30.0 Å². The molecule has 0 saturated heterocycles. The fourth-order valence-corrected chi connectivity index (χ4v) is 2.34. The van der Waals surface area contributed by atoms with Crippen molar-refractivity contribution in [2.45, 2.75) is 39.5 Å². The van der Waals surface area contributed by atoms with Crippen LogP contribution >= 0.6 is 11.6 Å². The Labute approximate surface area is 112 Å². The van der Waals surface area contributed by atoms with Crippen molar-refractivity contribution in [2.75, 3.05) is 0 Å². The summed E-state index contributed by atoms with van der Waals surface area (Å²) in [6, 6.07) is 0. The molecular weight excluding hydrogens is 248 g/mol. The third-order valence-electron chi connectivity index (χ3n) is 2.81. The predicted octanol–water partition coefficient (Wildman–Crippen LogP) is 3.39. The summed E-state index contributed by atoms with van der Waals surface area (Å²) in [6.45, 7) is 6.31. The highest BCUT2D eigenvalue weighted by atomic mass is 35.5. The van der Waals surface area contributed by atoms with Crippen molar-refractivity contribution in [1.29, 1.82) is 0 Å². The van der Waals surface area contributed by atoms with Gasteiger partial charge in [0.1, 0.15) is 23.1 Å². The summed E-state index contributed by atoms with van der Waals surface area (Å²) in [6.07, 6.45) is 7.19. The van der Waals surface area contributed by atoms with E-state index in [4.69, 9.17) is 11.6 Å². The summed E-state index contributed by atoms with van der Waals surface area (Å²) in [4.78, 5) is 12.8. The normalized spacial score (nSPS) is 11.2. The summed E-state index contributed by atoms with van der Waals surface area (Å²) in [7, 11) is 0. The first kappa shape index (κ1) is 13.0. The molecular formula is C13H17ClN4. The van der Waals surface area contributed by atoms with Crippen molar-refractivity contribution in [3.05, 3.63) is 35.3 Å². The molecule has 2 aromatic heterocycles. The lowest BCUT2D eigenvalue weighted by atomic mass is 10.1. The van der Waals surface area contributed by atoms with E-state index in [9.17, 15) is 0 Å². The maximum absolute atomic E-state index is 6.19. The van der Waals surface area contributed by atoms with E-state index in [2.05, 4.69) is 35.7 Å². The summed E-state index contributed by atoms with van der Waals surface area (Å²) in [5.74, 6) is 2.12. The van der Waals surface area contributed by atoms with Crippen LogP contribution in [-0.2, 0) is 6.42 Å². The molecule has 0 aliphatic heterocycles. The number of hydrogen-bond donors (Lipinski definition) is 0. The van der Waals surface area contributed by atoms with Crippen molar-refractivity contribution in [3.8, 4) is 5.82 Å². The van der Waals surface area contributed by atoms with Crippen LogP contribution in [-0.4, -0.2) is 19.5 Å². The lowest BCUT2D eigenvalue weighted by Crippen LogP contribution is -2.08. The molecule has 0 atom stereocenters. The van der Waals surface area contributed by atoms with Crippen molar-refractivity contribution in [1.82, 2.24) is 19.5 Å². The largest absolute Gasteiger partial charge is 0.288 e. The summed E-state index contributed by atoms with van der Waals surface area (Å²) in [5, 5.41) is 0.520. The minimum atomic E-state index is 0.269. The van der Waals surface area contributed by atoms with Gasteiger partial charge in [0.25, 0.3) is 0 Å². The van der Waals surface area contributed by atoms with Crippen molar-refractivity contribution in [3.63, 3.8) is 0 Å². The molecule has 2 aromatic rings. The second kappa shape index (κ2) is 5.48. The molecule has 0 saturated carbocycles. The first-order valence-electron chi connectivity index (χ1n) is 6.18. The van der Waals surface area contributed by atoms with Crippen LogP contribution in [0, 0.1) is 0 Å². The molecule has 18 heavy (non-hydrogen) atoms. The minimum absolute atomic E-state index is 0.269. The Kier molecular flexibility index (Phi) is 3.97. The van der Waals surface area contributed by atoms with E-state index in [1.165, 1.54) is 6.33 Å². The Morgan fingerprint density at radius 2 is 2.06 bits per heavy atom. The molecule has 0 radical (unpaired) electrons. The van der Waals surface area contributed by atoms with Crippen molar-refractivity contribution < 1.29 is 0 Å². The molecule has 0 unspecified atom stereocenters. The van der Waals surface area contributed by atoms with Crippen LogP contribution in [0.2, 0.25) is 5.15 Å². The van der Waals surface area contributed by atoms with Crippen LogP contribution < -0.4 is 0 Å². The lowest BCUT2D eigenvalue weighted by molar-refractivity contribution is 0.766. The second-order valence-corrected chi connectivity index (χ2v) is 4.88. The number of nitrogens with zero attached hydrogens (tertiary/aromatic N) is 4. The summed E-state index contributed by atoms with van der Waals surface area (Å²) < 4.78 is 2.01. The van der Waals surface area contributed by atoms with Crippen molar-refractivity contribution >= 4 is 11.6 Å². The van der Waals surface area contributed by atoms with Gasteiger partial charge in [0.2, 0.25) is 0 Å². The summed E-state index contributed by atoms with van der Waals surface area (Å²) >= 11 is 6.19. The molecule has 0 fully saturated rings. The molecule has 0 bridgehead atoms. The maximum Gasteiger partial charge on any atom is 0.146 e. The van der Waals surface area contributed by atoms with E-state index in [1.54, 1.807) is 6.20 Å². The molecule has 0 aliphatic carbocycles. The van der Waals surface area contributed by atoms with Crippen LogP contribution in [0.3, 0.4) is 0 Å². The second-order valence-electron chi connectivity index (χ2n) is 4.52. The molecule has 0 N–H and O–H groups in total. The van der Waals surface area contributed by atoms with E-state index in [1.807, 2.05) is 10.8 Å². The van der Waals surface area contributed by atoms with Gasteiger partial charge in [0.15, 0.2) is 0 Å². The van der Waals surface area contributed by atoms with Gasteiger partial charge in [-0.3, -0.25) is 4.57 Å². The molecule has 0 aliphatic rings. The standard InChI is InChI=1S/C13H17ClN4/c1-4-5-10-15-6-7-18(10)13-11(9(2)3)12(14)16-8-17-13/h6-9H,4-5H2,1-3H3. The smallest absolute Gasteiger partial charge is 0.146 e. The number of rotatable bonds is 4. The van der Waals surface area contributed by atoms with Gasteiger partial charge in [-0.25, -0.2) is 15.0 Å². The Morgan fingerprint density at radius 3 is 2.72 bits per heavy atom. The third kappa shape index (κ3) is 2.38. The monoisotopic (exact) mass is 264 g/mol. The SMILES string of the molecule is CCCc1nccn1-c1ncnc(Cl)c1C(C)C. The van der Waals surface area contributed by atoms with Gasteiger partial charge in [-0.2, -0.15) is 0 Å². The fraction of sp³-hybridized carbons (Fsp3) is 0.462. The van der Waals surface area contributed by atoms with Gasteiger partial charge in [-0.1, -0.05) is 32.4 Å². The predicted molar refractivity (Wildman–Crippen MR) is 72.2 cm³/mol. The van der Waals surface area contributed by atoms with Crippen LogP contribution in [0.4, 0.5) is 0 Å². The highest BCUT2D eigenvalue weighted by Gasteiger charge is 2.16. The average Bonchev–Trinajstić information content (AvgIpc) is 2.76. The number of halogens is 1. The highest BCUT2D eigenvalue weighted by Crippen LogP contribution is 2.27. The first-order valence-corrected chi connectivity index (χ1v) is 6.56. The van der Waals surface area contributed by atoms with Crippen LogP contribution in [0.15, 0.2) is 18.7 Å². The fourth-order valence-electron chi connectivity index (χ4n) is 1.99. The van der Waals surface area contributed by atoms with Crippen LogP contribution in [0.25, 0.3) is 5.82 Å². The average molecular weight is 265 g/mol. The maximum atomic E-state index is 6.19. The van der Waals surface area contributed by atoms with Gasteiger partial charge < -0.3 is 0 Å². The van der Waals surface area contributed by atoms with E-state index >= 15 is 0 Å². The topological polar surface area (TPSA) is 43.6 Å². The number of imidazole rings is 1. The van der Waals surface area contributed by atoms with Gasteiger partial charge >= 0.3 is 0 Å². The van der Waals surface area contributed by atoms with Gasteiger partial charge in [0, 0.05) is 24.4 Å². The molecule has 2 rings (SSSR count). The highest BCUT2D eigenvalue weighted by molar-refractivity contribution is 6.30. The minimum Gasteiger partial charge on any atom is -0.288 e. The molecule has 0 amide bonds. The Balaban J connectivity index is 2.56. The third-order valence-corrected chi connectivity index (χ3v) is 3.11. The Morgan fingerprint density at radius 1 is 1.28 bits per heavy atom. The van der Waals surface area contributed by atoms with E-state index in [-0.39, 0.29) is 5.92 Å². The lowest BCUT2D eigenvalue weighted by Gasteiger charge is -2.14. The van der Waals surface area contributed by atoms with Gasteiger partial charge in [-0.15, -0.1) is 0 Å². The molecule has 2 heterocycles. The Bertz CT molecular complexity index is 534. The summed E-state index contributed by atoms with van der Waals surface area (Å²) in [5.41, 5.74) is 0.967. The zero-order valence-corrected chi connectivity index (χ0v) is 11.6. The van der Waals surface area contributed by atoms with E-state index < -0.39 is 0 Å². The van der Waals surface area contributed by atoms with Crippen LogP contribution in [0.5, 0.6) is 0 Å². The Hall–Kier alpha value is -1.42. The molecule has 5 heteroatoms. The van der Waals surface area contributed by atoms with Gasteiger partial charge in [0.05, 0.1) is 0 Å². The number of hydrogen-bond acceptors (Lipinski definition) is 3. The zero-order valence-electron chi connectivity index (χ0n) is 10.9. The van der Waals surface area contributed by atoms with Crippen molar-refractivity contribution in [2.24, 2.45) is 0 Å². The van der Waals surface area contributed by atoms with E-state index in [0.29, 0.717) is 5.15 Å². The number of aryl methyl sites for hydroxylation is 1. The molecule has 4 nitrogen and oxygen atoms in total. The van der Waals surface area contributed by atoms with Crippen LogP contribution in [0.1, 0.15) is 44.5 Å². The zero-order chi connectivity index (χ0) is 13.1. The van der Waals surface area contributed by atoms with Gasteiger partial charge in [-0.05, 0) is 12.3 Å².